The van der Waals surface area contributed by atoms with Crippen molar-refractivity contribution < 1.29 is 22.8 Å². The standard InChI is InChI=1S/C23H25F3N6O2/c1-2-31-13-16(12-29-31)21(34)32-14-22(10-19(32)20(28)33)5-7-30(8-6-22)17-4-3-15(11-27)18(9-17)23(24,25)26/h3-4,9,12-13,19H,2,5-8,10,14H2,1H3,(H2,28,33). The summed E-state index contributed by atoms with van der Waals surface area (Å²) in [4.78, 5) is 28.6. The Hall–Kier alpha value is -3.55. The third-order valence-corrected chi connectivity index (χ3v) is 6.92. The van der Waals surface area contributed by atoms with Crippen molar-refractivity contribution >= 4 is 17.5 Å². The minimum Gasteiger partial charge on any atom is -0.371 e. The predicted octanol–water partition coefficient (Wildman–Crippen LogP) is 2.78. The lowest BCUT2D eigenvalue weighted by Gasteiger charge is -2.40. The quantitative estimate of drug-likeness (QED) is 0.733. The number of likely N-dealkylation sites (tertiary alicyclic amines) is 1. The number of carbonyl (C=O) groups excluding carboxylic acids is 2. The SMILES string of the molecule is CCn1cc(C(=O)N2CC3(CCN(c4ccc(C#N)c(C(F)(F)F)c4)CC3)CC2C(N)=O)cn1. The first-order valence-corrected chi connectivity index (χ1v) is 11.1. The van der Waals surface area contributed by atoms with Gasteiger partial charge in [-0.15, -0.1) is 0 Å². The van der Waals surface area contributed by atoms with Crippen molar-refractivity contribution in [2.24, 2.45) is 11.1 Å². The Morgan fingerprint density at radius 3 is 2.56 bits per heavy atom. The molecular weight excluding hydrogens is 449 g/mol. The lowest BCUT2D eigenvalue weighted by atomic mass is 9.76. The lowest BCUT2D eigenvalue weighted by molar-refractivity contribution is -0.137. The number of amides is 2. The van der Waals surface area contributed by atoms with E-state index in [0.29, 0.717) is 56.7 Å². The third-order valence-electron chi connectivity index (χ3n) is 6.92. The molecular formula is C23H25F3N6O2. The van der Waals surface area contributed by atoms with Gasteiger partial charge in [0.15, 0.2) is 0 Å². The van der Waals surface area contributed by atoms with Crippen LogP contribution in [0.4, 0.5) is 18.9 Å². The summed E-state index contributed by atoms with van der Waals surface area (Å²) >= 11 is 0. The van der Waals surface area contributed by atoms with Crippen LogP contribution in [0.25, 0.3) is 0 Å². The number of alkyl halides is 3. The van der Waals surface area contributed by atoms with Gasteiger partial charge in [-0.25, -0.2) is 0 Å². The fourth-order valence-electron chi connectivity index (χ4n) is 5.00. The van der Waals surface area contributed by atoms with Gasteiger partial charge in [0, 0.05) is 38.1 Å². The molecule has 34 heavy (non-hydrogen) atoms. The Balaban J connectivity index is 1.51. The highest BCUT2D eigenvalue weighted by Crippen LogP contribution is 2.45. The summed E-state index contributed by atoms with van der Waals surface area (Å²) in [6.07, 6.45) is 0.0969. The van der Waals surface area contributed by atoms with Crippen LogP contribution in [0.1, 0.15) is 47.7 Å². The van der Waals surface area contributed by atoms with E-state index in [0.717, 1.165) is 6.07 Å². The van der Waals surface area contributed by atoms with Gasteiger partial charge < -0.3 is 15.5 Å². The molecule has 0 saturated carbocycles. The summed E-state index contributed by atoms with van der Waals surface area (Å²) in [7, 11) is 0. The predicted molar refractivity (Wildman–Crippen MR) is 117 cm³/mol. The molecule has 180 valence electrons. The zero-order valence-corrected chi connectivity index (χ0v) is 18.7. The van der Waals surface area contributed by atoms with Crippen molar-refractivity contribution in [3.05, 3.63) is 47.3 Å². The maximum atomic E-state index is 13.4. The number of hydrogen-bond acceptors (Lipinski definition) is 5. The van der Waals surface area contributed by atoms with Gasteiger partial charge in [-0.3, -0.25) is 14.3 Å². The number of nitrogens with zero attached hydrogens (tertiary/aromatic N) is 5. The third kappa shape index (κ3) is 4.32. The number of carbonyl (C=O) groups is 2. The number of aryl methyl sites for hydroxylation is 1. The van der Waals surface area contributed by atoms with Crippen molar-refractivity contribution in [3.63, 3.8) is 0 Å². The van der Waals surface area contributed by atoms with Gasteiger partial charge in [-0.2, -0.15) is 23.5 Å². The smallest absolute Gasteiger partial charge is 0.371 e. The minimum atomic E-state index is -4.62. The van der Waals surface area contributed by atoms with E-state index in [1.165, 1.54) is 23.2 Å². The molecule has 4 rings (SSSR count). The second-order valence-corrected chi connectivity index (χ2v) is 8.97. The summed E-state index contributed by atoms with van der Waals surface area (Å²) in [5, 5.41) is 13.1. The molecule has 2 saturated heterocycles. The Kier molecular flexibility index (Phi) is 6.02. The average molecular weight is 474 g/mol. The van der Waals surface area contributed by atoms with Gasteiger partial charge in [-0.1, -0.05) is 0 Å². The molecule has 2 aliphatic heterocycles. The summed E-state index contributed by atoms with van der Waals surface area (Å²) in [6.45, 7) is 3.79. The van der Waals surface area contributed by atoms with E-state index in [1.54, 1.807) is 16.9 Å². The number of nitrogens with two attached hydrogens (primary N) is 1. The first kappa shape index (κ1) is 23.6. The number of primary amides is 1. The second kappa shape index (κ2) is 8.66. The van der Waals surface area contributed by atoms with Crippen molar-refractivity contribution in [2.75, 3.05) is 24.5 Å². The fourth-order valence-corrected chi connectivity index (χ4v) is 5.00. The maximum absolute atomic E-state index is 13.4. The highest BCUT2D eigenvalue weighted by molar-refractivity contribution is 5.97. The van der Waals surface area contributed by atoms with E-state index < -0.39 is 29.3 Å². The van der Waals surface area contributed by atoms with Crippen LogP contribution in [0.3, 0.4) is 0 Å². The number of benzene rings is 1. The van der Waals surface area contributed by atoms with Crippen LogP contribution < -0.4 is 10.6 Å². The average Bonchev–Trinajstić information content (AvgIpc) is 3.44. The normalized spacial score (nSPS) is 19.9. The van der Waals surface area contributed by atoms with Gasteiger partial charge in [0.25, 0.3) is 5.91 Å². The van der Waals surface area contributed by atoms with Crippen LogP contribution in [0.2, 0.25) is 0 Å². The number of nitriles is 1. The van der Waals surface area contributed by atoms with Gasteiger partial charge in [0.2, 0.25) is 5.91 Å². The van der Waals surface area contributed by atoms with Crippen LogP contribution in [-0.2, 0) is 17.5 Å². The molecule has 1 unspecified atom stereocenters. The van der Waals surface area contributed by atoms with E-state index in [2.05, 4.69) is 5.10 Å². The van der Waals surface area contributed by atoms with Crippen molar-refractivity contribution in [3.8, 4) is 6.07 Å². The summed E-state index contributed by atoms with van der Waals surface area (Å²) < 4.78 is 41.7. The number of halogens is 3. The highest BCUT2D eigenvalue weighted by Gasteiger charge is 2.49. The number of piperidine rings is 1. The zero-order valence-electron chi connectivity index (χ0n) is 18.7. The number of anilines is 1. The topological polar surface area (TPSA) is 108 Å². The largest absolute Gasteiger partial charge is 0.417 e. The molecule has 1 atom stereocenters. The van der Waals surface area contributed by atoms with E-state index >= 15 is 0 Å². The van der Waals surface area contributed by atoms with Gasteiger partial charge in [0.05, 0.1) is 29.0 Å². The molecule has 8 nitrogen and oxygen atoms in total. The molecule has 2 aromatic rings. The van der Waals surface area contributed by atoms with Crippen LogP contribution in [0, 0.1) is 16.7 Å². The van der Waals surface area contributed by atoms with Crippen molar-refractivity contribution in [1.29, 1.82) is 5.26 Å². The van der Waals surface area contributed by atoms with Gasteiger partial charge in [0.1, 0.15) is 6.04 Å². The first-order chi connectivity index (χ1) is 16.1. The molecule has 1 spiro atoms. The molecule has 2 aliphatic rings. The molecule has 2 amide bonds. The summed E-state index contributed by atoms with van der Waals surface area (Å²) in [6, 6.07) is 4.58. The summed E-state index contributed by atoms with van der Waals surface area (Å²) in [5.74, 6) is -0.873. The van der Waals surface area contributed by atoms with Crippen LogP contribution >= 0.6 is 0 Å². The maximum Gasteiger partial charge on any atom is 0.417 e. The Bertz CT molecular complexity index is 1140. The van der Waals surface area contributed by atoms with Crippen LogP contribution in [0.5, 0.6) is 0 Å². The van der Waals surface area contributed by atoms with Crippen LogP contribution in [-0.4, -0.2) is 52.2 Å². The summed E-state index contributed by atoms with van der Waals surface area (Å²) in [5.41, 5.74) is 4.71. The minimum absolute atomic E-state index is 0.301. The van der Waals surface area contributed by atoms with Crippen molar-refractivity contribution in [1.82, 2.24) is 14.7 Å². The zero-order chi connectivity index (χ0) is 24.7. The molecule has 11 heteroatoms. The number of hydrogen-bond donors (Lipinski definition) is 1. The Labute approximate surface area is 194 Å². The van der Waals surface area contributed by atoms with E-state index in [4.69, 9.17) is 11.0 Å². The lowest BCUT2D eigenvalue weighted by Crippen LogP contribution is -2.44. The molecule has 1 aromatic carbocycles. The number of aromatic nitrogens is 2. The Morgan fingerprint density at radius 1 is 1.29 bits per heavy atom. The molecule has 1 aromatic heterocycles. The number of rotatable bonds is 4. The molecule has 2 N–H and O–H groups in total. The van der Waals surface area contributed by atoms with E-state index in [9.17, 15) is 22.8 Å². The van der Waals surface area contributed by atoms with Gasteiger partial charge >= 0.3 is 6.18 Å². The second-order valence-electron chi connectivity index (χ2n) is 8.97. The molecule has 0 radical (unpaired) electrons. The Morgan fingerprint density at radius 2 is 2.00 bits per heavy atom. The molecule has 0 aliphatic carbocycles. The molecule has 0 bridgehead atoms. The molecule has 2 fully saturated rings. The fraction of sp³-hybridized carbons (Fsp3) is 0.478. The van der Waals surface area contributed by atoms with Crippen molar-refractivity contribution in [2.45, 2.75) is 44.9 Å². The van der Waals surface area contributed by atoms with Crippen LogP contribution in [0.15, 0.2) is 30.6 Å². The molecule has 3 heterocycles. The van der Waals surface area contributed by atoms with E-state index in [-0.39, 0.29) is 11.3 Å². The monoisotopic (exact) mass is 474 g/mol. The van der Waals surface area contributed by atoms with E-state index in [1.807, 2.05) is 11.8 Å². The highest BCUT2D eigenvalue weighted by atomic mass is 19.4. The van der Waals surface area contributed by atoms with Gasteiger partial charge in [-0.05, 0) is 49.8 Å². The first-order valence-electron chi connectivity index (χ1n) is 11.1.